The molecule has 1 aromatic rings. The van der Waals surface area contributed by atoms with Crippen LogP contribution in [0.4, 0.5) is 0 Å². The Morgan fingerprint density at radius 1 is 1.56 bits per heavy atom. The van der Waals surface area contributed by atoms with E-state index in [0.29, 0.717) is 6.54 Å². The highest BCUT2D eigenvalue weighted by Gasteiger charge is 2.37. The Labute approximate surface area is 112 Å². The maximum absolute atomic E-state index is 11.3. The summed E-state index contributed by atoms with van der Waals surface area (Å²) in [5.74, 6) is -0.682. The van der Waals surface area contributed by atoms with Crippen molar-refractivity contribution in [1.82, 2.24) is 9.88 Å². The Morgan fingerprint density at radius 3 is 2.83 bits per heavy atom. The summed E-state index contributed by atoms with van der Waals surface area (Å²) in [6, 6.07) is 0. The number of aromatic nitrogens is 1. The van der Waals surface area contributed by atoms with Crippen LogP contribution in [-0.4, -0.2) is 34.0 Å². The molecule has 1 aliphatic heterocycles. The van der Waals surface area contributed by atoms with Crippen LogP contribution in [0.15, 0.2) is 0 Å². The van der Waals surface area contributed by atoms with Crippen molar-refractivity contribution >= 4 is 17.3 Å². The summed E-state index contributed by atoms with van der Waals surface area (Å²) in [5.41, 5.74) is 0.493. The second-order valence-corrected chi connectivity index (χ2v) is 6.72. The predicted octanol–water partition coefficient (Wildman–Crippen LogP) is 2.45. The molecule has 1 N–H and O–H groups in total. The van der Waals surface area contributed by atoms with Crippen molar-refractivity contribution in [2.75, 3.05) is 13.1 Å². The number of hydrogen-bond acceptors (Lipinski definition) is 4. The van der Waals surface area contributed by atoms with E-state index in [-0.39, 0.29) is 0 Å². The largest absolute Gasteiger partial charge is 0.481 e. The third kappa shape index (κ3) is 2.72. The fourth-order valence-electron chi connectivity index (χ4n) is 2.45. The van der Waals surface area contributed by atoms with E-state index < -0.39 is 11.4 Å². The Morgan fingerprint density at radius 2 is 2.28 bits per heavy atom. The van der Waals surface area contributed by atoms with Gasteiger partial charge in [0, 0.05) is 11.4 Å². The van der Waals surface area contributed by atoms with Crippen LogP contribution in [-0.2, 0) is 11.3 Å². The summed E-state index contributed by atoms with van der Waals surface area (Å²) >= 11 is 1.72. The highest BCUT2D eigenvalue weighted by Crippen LogP contribution is 2.31. The van der Waals surface area contributed by atoms with Crippen molar-refractivity contribution in [3.05, 3.63) is 15.6 Å². The molecular weight excluding hydrogens is 248 g/mol. The van der Waals surface area contributed by atoms with E-state index >= 15 is 0 Å². The maximum atomic E-state index is 11.3. The zero-order valence-electron chi connectivity index (χ0n) is 11.2. The number of carboxylic acids is 1. The Hall–Kier alpha value is -0.940. The molecular formula is C13H20N2O2S. The number of aliphatic carboxylic acids is 1. The van der Waals surface area contributed by atoms with Gasteiger partial charge >= 0.3 is 5.97 Å². The van der Waals surface area contributed by atoms with Gasteiger partial charge in [-0.25, -0.2) is 4.98 Å². The number of nitrogens with zero attached hydrogens (tertiary/aromatic N) is 2. The van der Waals surface area contributed by atoms with E-state index in [1.165, 1.54) is 4.88 Å². The lowest BCUT2D eigenvalue weighted by atomic mass is 9.82. The predicted molar refractivity (Wildman–Crippen MR) is 71.8 cm³/mol. The van der Waals surface area contributed by atoms with Crippen LogP contribution in [0.3, 0.4) is 0 Å². The minimum absolute atomic E-state index is 0.598. The number of piperidine rings is 1. The quantitative estimate of drug-likeness (QED) is 0.915. The van der Waals surface area contributed by atoms with Crippen molar-refractivity contribution in [2.45, 2.75) is 40.2 Å². The van der Waals surface area contributed by atoms with Crippen molar-refractivity contribution in [3.63, 3.8) is 0 Å². The van der Waals surface area contributed by atoms with E-state index in [4.69, 9.17) is 0 Å². The Balaban J connectivity index is 2.04. The van der Waals surface area contributed by atoms with E-state index in [1.54, 1.807) is 11.3 Å². The molecule has 4 nitrogen and oxygen atoms in total. The highest BCUT2D eigenvalue weighted by molar-refractivity contribution is 7.11. The van der Waals surface area contributed by atoms with Gasteiger partial charge in [0.05, 0.1) is 17.7 Å². The molecule has 0 bridgehead atoms. The fraction of sp³-hybridized carbons (Fsp3) is 0.692. The van der Waals surface area contributed by atoms with Crippen molar-refractivity contribution in [2.24, 2.45) is 5.41 Å². The van der Waals surface area contributed by atoms with E-state index in [1.807, 2.05) is 13.8 Å². The van der Waals surface area contributed by atoms with E-state index in [2.05, 4.69) is 16.8 Å². The number of carboxylic acid groups (broad SMARTS) is 1. The van der Waals surface area contributed by atoms with Crippen LogP contribution in [0.25, 0.3) is 0 Å². The number of hydrogen-bond donors (Lipinski definition) is 1. The SMILES string of the molecule is Cc1nc(CN2CCCC(C)(C(=O)O)C2)sc1C. The first kappa shape index (κ1) is 13.5. The molecule has 2 rings (SSSR count). The first-order valence-electron chi connectivity index (χ1n) is 6.29. The third-order valence-electron chi connectivity index (χ3n) is 3.72. The second-order valence-electron chi connectivity index (χ2n) is 5.43. The Bertz CT molecular complexity index is 438. The number of aryl methyl sites for hydroxylation is 2. The average molecular weight is 268 g/mol. The molecule has 1 unspecified atom stereocenters. The minimum atomic E-state index is -0.682. The van der Waals surface area contributed by atoms with Gasteiger partial charge in [-0.15, -0.1) is 11.3 Å². The smallest absolute Gasteiger partial charge is 0.310 e. The molecule has 0 aliphatic carbocycles. The first-order chi connectivity index (χ1) is 8.40. The van der Waals surface area contributed by atoms with Gasteiger partial charge in [0.2, 0.25) is 0 Å². The summed E-state index contributed by atoms with van der Waals surface area (Å²) in [6.45, 7) is 8.32. The number of thiazole rings is 1. The molecule has 0 spiro atoms. The zero-order valence-corrected chi connectivity index (χ0v) is 12.0. The molecule has 0 radical (unpaired) electrons. The summed E-state index contributed by atoms with van der Waals surface area (Å²) in [4.78, 5) is 19.3. The average Bonchev–Trinajstić information content (AvgIpc) is 2.57. The van der Waals surface area contributed by atoms with Crippen molar-refractivity contribution in [3.8, 4) is 0 Å². The molecule has 1 fully saturated rings. The van der Waals surface area contributed by atoms with Gasteiger partial charge < -0.3 is 5.11 Å². The number of carbonyl (C=O) groups is 1. The maximum Gasteiger partial charge on any atom is 0.310 e. The van der Waals surface area contributed by atoms with E-state index in [9.17, 15) is 9.90 Å². The molecule has 1 aromatic heterocycles. The van der Waals surface area contributed by atoms with Gasteiger partial charge in [-0.1, -0.05) is 0 Å². The van der Waals surface area contributed by atoms with Crippen LogP contribution in [0, 0.1) is 19.3 Å². The molecule has 0 saturated carbocycles. The lowest BCUT2D eigenvalue weighted by Crippen LogP contribution is -2.45. The molecule has 1 aliphatic rings. The number of likely N-dealkylation sites (tertiary alicyclic amines) is 1. The Kier molecular flexibility index (Phi) is 3.73. The summed E-state index contributed by atoms with van der Waals surface area (Å²) in [6.07, 6.45) is 1.72. The lowest BCUT2D eigenvalue weighted by Gasteiger charge is -2.37. The van der Waals surface area contributed by atoms with Crippen LogP contribution in [0.5, 0.6) is 0 Å². The normalized spacial score (nSPS) is 25.3. The lowest BCUT2D eigenvalue weighted by molar-refractivity contribution is -0.151. The molecule has 0 aromatic carbocycles. The van der Waals surface area contributed by atoms with Gasteiger partial charge in [0.15, 0.2) is 0 Å². The van der Waals surface area contributed by atoms with Gasteiger partial charge in [0.1, 0.15) is 5.01 Å². The molecule has 0 amide bonds. The van der Waals surface area contributed by atoms with Crippen LogP contribution in [0.1, 0.15) is 35.3 Å². The molecule has 1 saturated heterocycles. The van der Waals surface area contributed by atoms with Gasteiger partial charge in [-0.3, -0.25) is 9.69 Å². The van der Waals surface area contributed by atoms with Crippen LogP contribution >= 0.6 is 11.3 Å². The van der Waals surface area contributed by atoms with Gasteiger partial charge in [0.25, 0.3) is 0 Å². The van der Waals surface area contributed by atoms with Gasteiger partial charge in [-0.05, 0) is 40.2 Å². The zero-order chi connectivity index (χ0) is 13.3. The molecule has 5 heteroatoms. The van der Waals surface area contributed by atoms with Crippen LogP contribution in [0.2, 0.25) is 0 Å². The molecule has 1 atom stereocenters. The highest BCUT2D eigenvalue weighted by atomic mass is 32.1. The summed E-state index contributed by atoms with van der Waals surface area (Å²) in [7, 11) is 0. The standard InChI is InChI=1S/C13H20N2O2S/c1-9-10(2)18-11(14-9)7-15-6-4-5-13(3,8-15)12(16)17/h4-8H2,1-3H3,(H,16,17). The second kappa shape index (κ2) is 4.97. The van der Waals surface area contributed by atoms with E-state index in [0.717, 1.165) is 36.6 Å². The molecule has 18 heavy (non-hydrogen) atoms. The topological polar surface area (TPSA) is 53.4 Å². The van der Waals surface area contributed by atoms with Crippen molar-refractivity contribution < 1.29 is 9.90 Å². The minimum Gasteiger partial charge on any atom is -0.481 e. The van der Waals surface area contributed by atoms with Crippen LogP contribution < -0.4 is 0 Å². The summed E-state index contributed by atoms with van der Waals surface area (Å²) in [5, 5.41) is 10.4. The van der Waals surface area contributed by atoms with Crippen molar-refractivity contribution in [1.29, 1.82) is 0 Å². The van der Waals surface area contributed by atoms with Gasteiger partial charge in [-0.2, -0.15) is 0 Å². The molecule has 100 valence electrons. The third-order valence-corrected chi connectivity index (χ3v) is 4.78. The fourth-order valence-corrected chi connectivity index (χ4v) is 3.43. The molecule has 2 heterocycles. The first-order valence-corrected chi connectivity index (χ1v) is 7.11. The summed E-state index contributed by atoms with van der Waals surface area (Å²) < 4.78 is 0. The number of rotatable bonds is 3. The monoisotopic (exact) mass is 268 g/mol.